The maximum Gasteiger partial charge on any atom is 0.205 e. The Morgan fingerprint density at radius 1 is 1.39 bits per heavy atom. The van der Waals surface area contributed by atoms with E-state index in [1.165, 1.54) is 12.3 Å². The normalized spacial score (nSPS) is 22.7. The van der Waals surface area contributed by atoms with Crippen molar-refractivity contribution < 1.29 is 13.5 Å². The summed E-state index contributed by atoms with van der Waals surface area (Å²) in [7, 11) is 1.76. The molecule has 7 nitrogen and oxygen atoms in total. The maximum atomic E-state index is 15.6. The van der Waals surface area contributed by atoms with Gasteiger partial charge >= 0.3 is 0 Å². The smallest absolute Gasteiger partial charge is 0.205 e. The number of hydrogen-bond acceptors (Lipinski definition) is 5. The van der Waals surface area contributed by atoms with Crippen LogP contribution in [0.1, 0.15) is 23.4 Å². The molecule has 0 radical (unpaired) electrons. The highest BCUT2D eigenvalue weighted by Crippen LogP contribution is 2.41. The standard InChI is InChI=1S/C26H25F2IN6O/c1-31-11-18(10-30)16-7-19-17(13-33-25(19)32-12-16)6-15-9-26(28,29)23(8-20(15)27)36-14-24-34-21-4-2-3-5-22(21)35-24/h2-5,7,9-13,20,23,30-31H,6,8,14H2,1H3,(H,32,33)(H,34,35)/b18-11+,30-10?. The second kappa shape index (κ2) is 10.1. The van der Waals surface area contributed by atoms with Gasteiger partial charge in [0.2, 0.25) is 3.68 Å². The van der Waals surface area contributed by atoms with E-state index in [2.05, 4.69) is 25.3 Å². The lowest BCUT2D eigenvalue weighted by molar-refractivity contribution is -0.0271. The van der Waals surface area contributed by atoms with Crippen LogP contribution in [0.4, 0.5) is 8.78 Å². The first-order chi connectivity index (χ1) is 17.4. The summed E-state index contributed by atoms with van der Waals surface area (Å²) >= 11 is 1.70. The number of H-pyrrole nitrogens is 2. The van der Waals surface area contributed by atoms with E-state index in [4.69, 9.17) is 10.1 Å². The van der Waals surface area contributed by atoms with Crippen molar-refractivity contribution in [3.05, 3.63) is 77.5 Å². The second-order valence-electron chi connectivity index (χ2n) is 8.74. The molecule has 0 amide bonds. The van der Waals surface area contributed by atoms with E-state index in [1.54, 1.807) is 48.2 Å². The van der Waals surface area contributed by atoms with Crippen LogP contribution in [0.15, 0.2) is 60.6 Å². The summed E-state index contributed by atoms with van der Waals surface area (Å²) in [5, 5.41) is 11.4. The fourth-order valence-electron chi connectivity index (χ4n) is 4.47. The minimum Gasteiger partial charge on any atom is -0.393 e. The molecule has 0 saturated carbocycles. The molecule has 5 rings (SSSR count). The topological polar surface area (TPSA) is 102 Å². The van der Waals surface area contributed by atoms with E-state index in [9.17, 15) is 0 Å². The first-order valence-electron chi connectivity index (χ1n) is 11.5. The van der Waals surface area contributed by atoms with Crippen molar-refractivity contribution in [3.8, 4) is 0 Å². The van der Waals surface area contributed by atoms with E-state index in [0.29, 0.717) is 22.6 Å². The van der Waals surface area contributed by atoms with Crippen LogP contribution in [-0.4, -0.2) is 49.1 Å². The van der Waals surface area contributed by atoms with Crippen molar-refractivity contribution in [2.24, 2.45) is 0 Å². The number of ether oxygens (including phenoxy) is 1. The van der Waals surface area contributed by atoms with Gasteiger partial charge in [0, 0.05) is 54.8 Å². The van der Waals surface area contributed by atoms with E-state index in [-0.39, 0.29) is 19.4 Å². The lowest BCUT2D eigenvalue weighted by Crippen LogP contribution is -2.40. The van der Waals surface area contributed by atoms with Crippen LogP contribution < -0.4 is 5.32 Å². The Bertz CT molecular complexity index is 1440. The molecule has 1 aromatic carbocycles. The third-order valence-electron chi connectivity index (χ3n) is 6.29. The number of hydrogen-bond donors (Lipinski definition) is 4. The first kappa shape index (κ1) is 24.6. The Labute approximate surface area is 220 Å². The fraction of sp³-hybridized carbons (Fsp3) is 0.269. The van der Waals surface area contributed by atoms with Crippen LogP contribution in [0.3, 0.4) is 0 Å². The summed E-state index contributed by atoms with van der Waals surface area (Å²) < 4.78 is 34.9. The largest absolute Gasteiger partial charge is 0.393 e. The van der Waals surface area contributed by atoms with Crippen LogP contribution in [-0.2, 0) is 17.8 Å². The van der Waals surface area contributed by atoms with E-state index < -0.39 is 16.0 Å². The molecule has 0 aliphatic heterocycles. The molecule has 3 heterocycles. The van der Waals surface area contributed by atoms with Gasteiger partial charge in [0.25, 0.3) is 0 Å². The van der Waals surface area contributed by atoms with E-state index in [0.717, 1.165) is 27.5 Å². The summed E-state index contributed by atoms with van der Waals surface area (Å²) in [6.45, 7) is 0.0658. The molecule has 186 valence electrons. The number of imidazole rings is 1. The lowest BCUT2D eigenvalue weighted by atomic mass is 9.89. The summed E-state index contributed by atoms with van der Waals surface area (Å²) in [4.78, 5) is 15.1. The number of nitrogens with one attached hydrogen (secondary N) is 4. The molecule has 0 bridgehead atoms. The number of nitrogens with zero attached hydrogens (tertiary/aromatic N) is 2. The number of fused-ring (bicyclic) bond motifs is 2. The van der Waals surface area contributed by atoms with Gasteiger partial charge < -0.3 is 25.4 Å². The van der Waals surface area contributed by atoms with E-state index in [1.807, 2.05) is 30.3 Å². The quantitative estimate of drug-likeness (QED) is 0.0920. The SMILES string of the molecule is CN/C=C(\C=N)c1cnc2[nH]cc(CC3=CC(F)(I)C(OCc4nc5ccccc5[nH]4)CC3F)c2c1. The van der Waals surface area contributed by atoms with Gasteiger partial charge in [0.15, 0.2) is 0 Å². The molecule has 0 saturated heterocycles. The molecule has 36 heavy (non-hydrogen) atoms. The minimum atomic E-state index is -1.86. The highest BCUT2D eigenvalue weighted by molar-refractivity contribution is 14.1. The Morgan fingerprint density at radius 3 is 3.00 bits per heavy atom. The summed E-state index contributed by atoms with van der Waals surface area (Å²) in [6.07, 6.45) is 5.63. The highest BCUT2D eigenvalue weighted by atomic mass is 127. The van der Waals surface area contributed by atoms with Crippen molar-refractivity contribution in [1.82, 2.24) is 25.3 Å². The van der Waals surface area contributed by atoms with Crippen LogP contribution in [0.25, 0.3) is 27.6 Å². The number of benzene rings is 1. The number of para-hydroxylation sites is 2. The van der Waals surface area contributed by atoms with Crippen LogP contribution in [0.5, 0.6) is 0 Å². The lowest BCUT2D eigenvalue weighted by Gasteiger charge is -2.33. The van der Waals surface area contributed by atoms with Crippen molar-refractivity contribution in [2.45, 2.75) is 35.4 Å². The van der Waals surface area contributed by atoms with E-state index >= 15 is 8.78 Å². The van der Waals surface area contributed by atoms with Crippen molar-refractivity contribution in [1.29, 1.82) is 5.41 Å². The third kappa shape index (κ3) is 4.92. The van der Waals surface area contributed by atoms with Gasteiger partial charge in [-0.15, -0.1) is 0 Å². The number of alkyl halides is 3. The zero-order chi connectivity index (χ0) is 25.3. The molecule has 3 unspecified atom stereocenters. The molecule has 3 aromatic heterocycles. The number of rotatable bonds is 8. The summed E-state index contributed by atoms with van der Waals surface area (Å²) in [5.41, 5.74) is 4.94. The monoisotopic (exact) mass is 602 g/mol. The molecule has 4 aromatic rings. The van der Waals surface area contributed by atoms with Gasteiger partial charge in [-0.2, -0.15) is 0 Å². The van der Waals surface area contributed by atoms with Gasteiger partial charge in [0.1, 0.15) is 30.4 Å². The number of allylic oxidation sites excluding steroid dienone is 2. The molecular formula is C26H25F2IN6O. The predicted octanol–water partition coefficient (Wildman–Crippen LogP) is 5.55. The Hall–Kier alpha value is -3.12. The highest BCUT2D eigenvalue weighted by Gasteiger charge is 2.43. The Morgan fingerprint density at radius 2 is 2.22 bits per heavy atom. The number of aromatic amines is 2. The summed E-state index contributed by atoms with van der Waals surface area (Å²) in [6, 6.07) is 9.49. The number of aromatic nitrogens is 4. The van der Waals surface area contributed by atoms with Gasteiger partial charge in [-0.1, -0.05) is 12.1 Å². The van der Waals surface area contributed by atoms with Gasteiger partial charge in [-0.05, 0) is 64.4 Å². The van der Waals surface area contributed by atoms with Crippen molar-refractivity contribution in [2.75, 3.05) is 7.05 Å². The molecular weight excluding hydrogens is 577 g/mol. The molecule has 3 atom stereocenters. The predicted molar refractivity (Wildman–Crippen MR) is 146 cm³/mol. The third-order valence-corrected chi connectivity index (χ3v) is 7.30. The number of halogens is 3. The van der Waals surface area contributed by atoms with Gasteiger partial charge in [0.05, 0.1) is 11.0 Å². The molecule has 0 fully saturated rings. The fourth-order valence-corrected chi connectivity index (χ4v) is 5.30. The Balaban J connectivity index is 1.34. The minimum absolute atomic E-state index is 0.0658. The average molecular weight is 602 g/mol. The Kier molecular flexibility index (Phi) is 6.89. The molecule has 0 spiro atoms. The molecule has 4 N–H and O–H groups in total. The maximum absolute atomic E-state index is 15.6. The molecule has 1 aliphatic carbocycles. The molecule has 1 aliphatic rings. The van der Waals surface area contributed by atoms with Crippen LogP contribution in [0.2, 0.25) is 0 Å². The summed E-state index contributed by atoms with van der Waals surface area (Å²) in [5.74, 6) is 0.576. The zero-order valence-electron chi connectivity index (χ0n) is 19.5. The first-order valence-corrected chi connectivity index (χ1v) is 12.6. The van der Waals surface area contributed by atoms with Gasteiger partial charge in [-0.3, -0.25) is 0 Å². The zero-order valence-corrected chi connectivity index (χ0v) is 21.6. The number of pyridine rings is 1. The van der Waals surface area contributed by atoms with Crippen molar-refractivity contribution >= 4 is 56.4 Å². The molecule has 10 heteroatoms. The second-order valence-corrected chi connectivity index (χ2v) is 10.4. The van der Waals surface area contributed by atoms with Crippen LogP contribution >= 0.6 is 22.6 Å². The van der Waals surface area contributed by atoms with Crippen molar-refractivity contribution in [3.63, 3.8) is 0 Å². The average Bonchev–Trinajstić information content (AvgIpc) is 3.47. The van der Waals surface area contributed by atoms with Crippen LogP contribution in [0, 0.1) is 5.41 Å². The van der Waals surface area contributed by atoms with Gasteiger partial charge in [-0.25, -0.2) is 18.7 Å².